The molecule has 1 aromatic heterocycles. The lowest BCUT2D eigenvalue weighted by Crippen LogP contribution is -2.18. The summed E-state index contributed by atoms with van der Waals surface area (Å²) < 4.78 is 18.1. The van der Waals surface area contributed by atoms with Gasteiger partial charge in [0.15, 0.2) is 11.5 Å². The van der Waals surface area contributed by atoms with Gasteiger partial charge in [0.2, 0.25) is 0 Å². The SMILES string of the molecule is CNC(c1cc2c(cc1Br)OCCCO2)c1occc1C. The molecule has 0 fully saturated rings. The van der Waals surface area contributed by atoms with Crippen molar-refractivity contribution < 1.29 is 13.9 Å². The van der Waals surface area contributed by atoms with Crippen LogP contribution in [0.3, 0.4) is 0 Å². The van der Waals surface area contributed by atoms with Crippen LogP contribution >= 0.6 is 15.9 Å². The molecule has 1 unspecified atom stereocenters. The van der Waals surface area contributed by atoms with Crippen LogP contribution in [0, 0.1) is 6.92 Å². The number of hydrogen-bond acceptors (Lipinski definition) is 4. The minimum Gasteiger partial charge on any atom is -0.490 e. The molecule has 3 rings (SSSR count). The number of nitrogens with one attached hydrogen (secondary N) is 1. The van der Waals surface area contributed by atoms with E-state index in [0.29, 0.717) is 13.2 Å². The van der Waals surface area contributed by atoms with Gasteiger partial charge in [0.05, 0.1) is 25.5 Å². The van der Waals surface area contributed by atoms with E-state index in [1.807, 2.05) is 32.2 Å². The third-order valence-electron chi connectivity index (χ3n) is 3.63. The zero-order valence-electron chi connectivity index (χ0n) is 12.1. The molecule has 1 aliphatic heterocycles. The van der Waals surface area contributed by atoms with Crippen LogP contribution in [0.15, 0.2) is 33.4 Å². The van der Waals surface area contributed by atoms with E-state index in [1.165, 1.54) is 0 Å². The summed E-state index contributed by atoms with van der Waals surface area (Å²) in [5, 5.41) is 3.30. The van der Waals surface area contributed by atoms with E-state index in [2.05, 4.69) is 21.2 Å². The predicted molar refractivity (Wildman–Crippen MR) is 84.1 cm³/mol. The molecule has 0 spiro atoms. The van der Waals surface area contributed by atoms with Crippen LogP contribution in [0.1, 0.15) is 29.3 Å². The van der Waals surface area contributed by atoms with Crippen molar-refractivity contribution in [3.05, 3.63) is 45.8 Å². The van der Waals surface area contributed by atoms with Crippen molar-refractivity contribution >= 4 is 15.9 Å². The Balaban J connectivity index is 2.04. The first kappa shape index (κ1) is 14.5. The van der Waals surface area contributed by atoms with Gasteiger partial charge < -0.3 is 19.2 Å². The fourth-order valence-electron chi connectivity index (χ4n) is 2.53. The minimum absolute atomic E-state index is 0.0356. The number of fused-ring (bicyclic) bond motifs is 1. The molecule has 112 valence electrons. The molecule has 21 heavy (non-hydrogen) atoms. The van der Waals surface area contributed by atoms with Gasteiger partial charge in [-0.25, -0.2) is 0 Å². The van der Waals surface area contributed by atoms with Crippen molar-refractivity contribution in [1.82, 2.24) is 5.32 Å². The molecular weight excluding hydrogens is 334 g/mol. The van der Waals surface area contributed by atoms with Crippen LogP contribution < -0.4 is 14.8 Å². The first-order chi connectivity index (χ1) is 10.2. The van der Waals surface area contributed by atoms with Gasteiger partial charge in [0.25, 0.3) is 0 Å². The number of halogens is 1. The Morgan fingerprint density at radius 2 is 1.90 bits per heavy atom. The fourth-order valence-corrected chi connectivity index (χ4v) is 3.08. The van der Waals surface area contributed by atoms with Crippen molar-refractivity contribution in [2.45, 2.75) is 19.4 Å². The molecule has 4 nitrogen and oxygen atoms in total. The average Bonchev–Trinajstić information content (AvgIpc) is 2.76. The smallest absolute Gasteiger partial charge is 0.162 e. The van der Waals surface area contributed by atoms with Gasteiger partial charge in [0.1, 0.15) is 5.76 Å². The van der Waals surface area contributed by atoms with E-state index in [9.17, 15) is 0 Å². The van der Waals surface area contributed by atoms with Crippen molar-refractivity contribution in [3.8, 4) is 11.5 Å². The molecule has 1 atom stereocenters. The maximum absolute atomic E-state index is 5.78. The summed E-state index contributed by atoms with van der Waals surface area (Å²) in [7, 11) is 1.92. The summed E-state index contributed by atoms with van der Waals surface area (Å²) in [6, 6.07) is 5.93. The number of rotatable bonds is 3. The highest BCUT2D eigenvalue weighted by Gasteiger charge is 2.23. The lowest BCUT2D eigenvalue weighted by molar-refractivity contribution is 0.297. The monoisotopic (exact) mass is 351 g/mol. The molecule has 0 bridgehead atoms. The van der Waals surface area contributed by atoms with Crippen molar-refractivity contribution in [3.63, 3.8) is 0 Å². The second-order valence-electron chi connectivity index (χ2n) is 5.06. The second-order valence-corrected chi connectivity index (χ2v) is 5.91. The van der Waals surface area contributed by atoms with Gasteiger partial charge in [-0.2, -0.15) is 0 Å². The third kappa shape index (κ3) is 2.80. The summed E-state index contributed by atoms with van der Waals surface area (Å²) in [4.78, 5) is 0. The first-order valence-electron chi connectivity index (χ1n) is 7.01. The molecule has 0 aliphatic carbocycles. The second kappa shape index (κ2) is 6.12. The van der Waals surface area contributed by atoms with Crippen LogP contribution in [0.4, 0.5) is 0 Å². The summed E-state index contributed by atoms with van der Waals surface area (Å²) >= 11 is 3.64. The maximum atomic E-state index is 5.78. The highest BCUT2D eigenvalue weighted by Crippen LogP contribution is 2.39. The number of furan rings is 1. The van der Waals surface area contributed by atoms with Crippen molar-refractivity contribution in [2.24, 2.45) is 0 Å². The number of hydrogen-bond donors (Lipinski definition) is 1. The standard InChI is InChI=1S/C16H18BrNO3/c1-10-4-7-21-16(10)15(18-2)11-8-13-14(9-12(11)17)20-6-3-5-19-13/h4,7-9,15,18H,3,5-6H2,1-2H3. The van der Waals surface area contributed by atoms with Gasteiger partial charge >= 0.3 is 0 Å². The van der Waals surface area contributed by atoms with Crippen molar-refractivity contribution in [2.75, 3.05) is 20.3 Å². The molecule has 2 aromatic rings. The maximum Gasteiger partial charge on any atom is 0.162 e. The Kier molecular flexibility index (Phi) is 4.22. The van der Waals surface area contributed by atoms with Crippen LogP contribution in [0.2, 0.25) is 0 Å². The van der Waals surface area contributed by atoms with E-state index in [4.69, 9.17) is 13.9 Å². The lowest BCUT2D eigenvalue weighted by Gasteiger charge is -2.19. The van der Waals surface area contributed by atoms with E-state index in [1.54, 1.807) is 6.26 Å². The van der Waals surface area contributed by atoms with E-state index in [0.717, 1.165) is 39.3 Å². The topological polar surface area (TPSA) is 43.6 Å². The number of benzene rings is 1. The zero-order valence-corrected chi connectivity index (χ0v) is 13.7. The van der Waals surface area contributed by atoms with Gasteiger partial charge in [-0.3, -0.25) is 0 Å². The quantitative estimate of drug-likeness (QED) is 0.912. The molecule has 1 aromatic carbocycles. The minimum atomic E-state index is -0.0356. The Morgan fingerprint density at radius 3 is 2.52 bits per heavy atom. The zero-order chi connectivity index (χ0) is 14.8. The summed E-state index contributed by atoms with van der Waals surface area (Å²) in [5.41, 5.74) is 2.19. The normalized spacial score (nSPS) is 15.6. The first-order valence-corrected chi connectivity index (χ1v) is 7.80. The van der Waals surface area contributed by atoms with Crippen LogP contribution in [-0.4, -0.2) is 20.3 Å². The molecule has 0 radical (unpaired) electrons. The Labute approximate surface area is 132 Å². The van der Waals surface area contributed by atoms with E-state index >= 15 is 0 Å². The van der Waals surface area contributed by atoms with Crippen molar-refractivity contribution in [1.29, 1.82) is 0 Å². The lowest BCUT2D eigenvalue weighted by atomic mass is 10.0. The predicted octanol–water partition coefficient (Wildman–Crippen LogP) is 3.82. The number of aryl methyl sites for hydroxylation is 1. The fraction of sp³-hybridized carbons (Fsp3) is 0.375. The average molecular weight is 352 g/mol. The molecular formula is C16H18BrNO3. The molecule has 5 heteroatoms. The van der Waals surface area contributed by atoms with Gasteiger partial charge in [-0.1, -0.05) is 15.9 Å². The highest BCUT2D eigenvalue weighted by molar-refractivity contribution is 9.10. The molecule has 2 heterocycles. The molecule has 0 saturated heterocycles. The highest BCUT2D eigenvalue weighted by atomic mass is 79.9. The molecule has 0 saturated carbocycles. The van der Waals surface area contributed by atoms with Gasteiger partial charge in [0, 0.05) is 10.9 Å². The van der Waals surface area contributed by atoms with Crippen LogP contribution in [0.5, 0.6) is 11.5 Å². The Morgan fingerprint density at radius 1 is 1.19 bits per heavy atom. The Hall–Kier alpha value is -1.46. The van der Waals surface area contributed by atoms with E-state index in [-0.39, 0.29) is 6.04 Å². The third-order valence-corrected chi connectivity index (χ3v) is 4.32. The molecule has 1 N–H and O–H groups in total. The summed E-state index contributed by atoms with van der Waals surface area (Å²) in [5.74, 6) is 2.48. The summed E-state index contributed by atoms with van der Waals surface area (Å²) in [6.45, 7) is 3.41. The molecule has 0 amide bonds. The van der Waals surface area contributed by atoms with Gasteiger partial charge in [-0.15, -0.1) is 0 Å². The van der Waals surface area contributed by atoms with Crippen LogP contribution in [0.25, 0.3) is 0 Å². The van der Waals surface area contributed by atoms with E-state index < -0.39 is 0 Å². The van der Waals surface area contributed by atoms with Crippen LogP contribution in [-0.2, 0) is 0 Å². The summed E-state index contributed by atoms with van der Waals surface area (Å²) in [6.07, 6.45) is 2.61. The molecule has 1 aliphatic rings. The van der Waals surface area contributed by atoms with Gasteiger partial charge in [-0.05, 0) is 43.3 Å². The number of ether oxygens (including phenoxy) is 2. The largest absolute Gasteiger partial charge is 0.490 e. The Bertz CT molecular complexity index is 638.